The Morgan fingerprint density at radius 2 is 1.77 bits per heavy atom. The summed E-state index contributed by atoms with van der Waals surface area (Å²) < 4.78 is 20.6. The normalized spacial score (nSPS) is 12.0. The van der Waals surface area contributed by atoms with Gasteiger partial charge in [0.2, 0.25) is 5.91 Å². The van der Waals surface area contributed by atoms with Gasteiger partial charge in [0.15, 0.2) is 0 Å². The number of anilines is 1. The Balaban J connectivity index is 1.35. The lowest BCUT2D eigenvalue weighted by atomic mass is 10.0. The van der Waals surface area contributed by atoms with Crippen LogP contribution in [0.4, 0.5) is 5.69 Å². The Morgan fingerprint density at radius 3 is 2.50 bits per heavy atom. The number of nitrogens with one attached hydrogen (secondary N) is 1. The molecule has 0 unspecified atom stereocenters. The number of ether oxygens (including phenoxy) is 1. The van der Waals surface area contributed by atoms with E-state index in [4.69, 9.17) is 16.3 Å². The van der Waals surface area contributed by atoms with Crippen molar-refractivity contribution in [2.75, 3.05) is 11.9 Å². The number of aryl methyl sites for hydroxylation is 1. The van der Waals surface area contributed by atoms with Crippen molar-refractivity contribution < 1.29 is 13.7 Å². The number of unbranched alkanes of at least 4 members (excludes halogenated alkanes) is 1. The third-order valence-corrected chi connectivity index (χ3v) is 7.99. The lowest BCUT2D eigenvalue weighted by Gasteiger charge is -2.08. The van der Waals surface area contributed by atoms with Gasteiger partial charge < -0.3 is 14.6 Å². The van der Waals surface area contributed by atoms with Crippen LogP contribution >= 0.6 is 11.6 Å². The molecule has 0 aliphatic rings. The molecule has 1 aromatic heterocycles. The van der Waals surface area contributed by atoms with E-state index >= 15 is 0 Å². The number of carbonyl (C=O) groups excluding carboxylic acids is 1. The highest BCUT2D eigenvalue weighted by molar-refractivity contribution is 7.84. The average Bonchev–Trinajstić information content (AvgIpc) is 3.40. The Labute approximate surface area is 243 Å². The average molecular weight is 576 g/mol. The molecule has 1 amide bonds. The van der Waals surface area contributed by atoms with E-state index in [1.165, 1.54) is 6.08 Å². The molecule has 4 aromatic rings. The molecule has 0 bridgehead atoms. The lowest BCUT2D eigenvalue weighted by molar-refractivity contribution is -0.111. The highest BCUT2D eigenvalue weighted by atomic mass is 35.5. The molecule has 8 heteroatoms. The van der Waals surface area contributed by atoms with E-state index in [0.29, 0.717) is 28.0 Å². The highest BCUT2D eigenvalue weighted by Crippen LogP contribution is 2.28. The Morgan fingerprint density at radius 1 is 1.02 bits per heavy atom. The van der Waals surface area contributed by atoms with Crippen LogP contribution in [0, 0.1) is 0 Å². The summed E-state index contributed by atoms with van der Waals surface area (Å²) in [6.07, 6.45) is 9.80. The second kappa shape index (κ2) is 14.6. The van der Waals surface area contributed by atoms with Crippen molar-refractivity contribution in [2.45, 2.75) is 50.3 Å². The van der Waals surface area contributed by atoms with E-state index in [9.17, 15) is 9.00 Å². The Bertz CT molecular complexity index is 1460. The number of imidazole rings is 1. The van der Waals surface area contributed by atoms with Gasteiger partial charge >= 0.3 is 0 Å². The van der Waals surface area contributed by atoms with Gasteiger partial charge in [-0.25, -0.2) is 4.98 Å². The zero-order valence-electron chi connectivity index (χ0n) is 22.8. The molecule has 0 saturated carbocycles. The quantitative estimate of drug-likeness (QED) is 0.131. The molecule has 0 fully saturated rings. The van der Waals surface area contributed by atoms with Crippen LogP contribution in [0.2, 0.25) is 5.02 Å². The summed E-state index contributed by atoms with van der Waals surface area (Å²) in [6.45, 7) is 5.80. The molecule has 3 aromatic carbocycles. The minimum Gasteiger partial charge on any atom is -0.494 e. The smallest absolute Gasteiger partial charge is 0.248 e. The monoisotopic (exact) mass is 575 g/mol. The fraction of sp³-hybridized carbons (Fsp3) is 0.250. The van der Waals surface area contributed by atoms with E-state index in [0.717, 1.165) is 53.9 Å². The zero-order valence-corrected chi connectivity index (χ0v) is 24.4. The highest BCUT2D eigenvalue weighted by Gasteiger charge is 2.10. The van der Waals surface area contributed by atoms with Crippen LogP contribution in [0.1, 0.15) is 44.4 Å². The van der Waals surface area contributed by atoms with E-state index in [2.05, 4.69) is 24.1 Å². The van der Waals surface area contributed by atoms with Crippen molar-refractivity contribution in [1.82, 2.24) is 9.55 Å². The van der Waals surface area contributed by atoms with Gasteiger partial charge in [0.25, 0.3) is 0 Å². The third-order valence-electron chi connectivity index (χ3n) is 6.29. The number of hydrogen-bond acceptors (Lipinski definition) is 4. The first-order chi connectivity index (χ1) is 19.5. The van der Waals surface area contributed by atoms with Gasteiger partial charge in [-0.05, 0) is 84.1 Å². The Kier molecular flexibility index (Phi) is 10.7. The second-order valence-corrected chi connectivity index (χ2v) is 11.2. The largest absolute Gasteiger partial charge is 0.494 e. The number of rotatable bonds is 13. The van der Waals surface area contributed by atoms with Gasteiger partial charge in [-0.2, -0.15) is 0 Å². The SMILES string of the molecule is CCCCOc1ccc(-c2ccc(Cl)c(/C=C/C(=O)Nc3ccc([S@@](=O)Cc4cncn4CCC)cc3)c2)cc1. The third kappa shape index (κ3) is 8.16. The fourth-order valence-electron chi connectivity index (χ4n) is 4.10. The van der Waals surface area contributed by atoms with Crippen molar-refractivity contribution in [2.24, 2.45) is 0 Å². The molecular weight excluding hydrogens is 542 g/mol. The number of aromatic nitrogens is 2. The Hall–Kier alpha value is -3.68. The number of amides is 1. The van der Waals surface area contributed by atoms with Crippen LogP contribution < -0.4 is 10.1 Å². The van der Waals surface area contributed by atoms with Gasteiger partial charge in [0, 0.05) is 34.4 Å². The number of halogens is 1. The molecule has 0 aliphatic heterocycles. The van der Waals surface area contributed by atoms with Crippen LogP contribution in [0.3, 0.4) is 0 Å². The van der Waals surface area contributed by atoms with Crippen LogP contribution in [-0.2, 0) is 27.9 Å². The van der Waals surface area contributed by atoms with E-state index in [1.807, 2.05) is 47.0 Å². The minimum absolute atomic E-state index is 0.285. The molecule has 0 radical (unpaired) electrons. The standard InChI is InChI=1S/C32H34ClN3O3S/c1-3-5-19-39-29-12-6-24(7-13-29)25-8-16-31(33)26(20-25)9-17-32(37)35-27-10-14-30(15-11-27)40(38)22-28-21-34-23-36(28)18-4-2/h6-17,20-21,23H,3-5,18-19,22H2,1-2H3,(H,35,37)/b17-9+/t40-/m0/s1. The summed E-state index contributed by atoms with van der Waals surface area (Å²) in [6, 6.07) is 20.8. The molecule has 6 nitrogen and oxygen atoms in total. The van der Waals surface area contributed by atoms with Crippen LogP contribution in [0.25, 0.3) is 17.2 Å². The number of nitrogens with zero attached hydrogens (tertiary/aromatic N) is 2. The van der Waals surface area contributed by atoms with Gasteiger partial charge in [-0.15, -0.1) is 0 Å². The number of carbonyl (C=O) groups is 1. The molecule has 0 aliphatic carbocycles. The topological polar surface area (TPSA) is 73.2 Å². The minimum atomic E-state index is -1.21. The number of benzene rings is 3. The van der Waals surface area contributed by atoms with E-state index < -0.39 is 10.8 Å². The summed E-state index contributed by atoms with van der Waals surface area (Å²) in [5.41, 5.74) is 4.33. The predicted octanol–water partition coefficient (Wildman–Crippen LogP) is 7.75. The molecule has 0 spiro atoms. The van der Waals surface area contributed by atoms with Gasteiger partial charge in [0.05, 0.1) is 35.2 Å². The lowest BCUT2D eigenvalue weighted by Crippen LogP contribution is -2.08. The maximum atomic E-state index is 12.8. The molecular formula is C32H34ClN3O3S. The molecule has 0 saturated heterocycles. The van der Waals surface area contributed by atoms with E-state index in [1.54, 1.807) is 42.9 Å². The molecule has 208 valence electrons. The fourth-order valence-corrected chi connectivity index (χ4v) is 5.39. The van der Waals surface area contributed by atoms with E-state index in [-0.39, 0.29) is 5.91 Å². The zero-order chi connectivity index (χ0) is 28.3. The van der Waals surface area contributed by atoms with Crippen LogP contribution in [-0.4, -0.2) is 26.3 Å². The van der Waals surface area contributed by atoms with Crippen molar-refractivity contribution in [3.8, 4) is 16.9 Å². The predicted molar refractivity (Wildman–Crippen MR) is 164 cm³/mol. The van der Waals surface area contributed by atoms with Gasteiger partial charge in [-0.3, -0.25) is 9.00 Å². The molecule has 1 atom stereocenters. The first kappa shape index (κ1) is 29.3. The second-order valence-electron chi connectivity index (χ2n) is 9.38. The molecule has 1 N–H and O–H groups in total. The summed E-state index contributed by atoms with van der Waals surface area (Å²) in [5, 5.41) is 3.40. The van der Waals surface area contributed by atoms with Crippen molar-refractivity contribution in [3.63, 3.8) is 0 Å². The maximum Gasteiger partial charge on any atom is 0.248 e. The van der Waals surface area contributed by atoms with Gasteiger partial charge in [-0.1, -0.05) is 50.1 Å². The first-order valence-corrected chi connectivity index (χ1v) is 15.2. The van der Waals surface area contributed by atoms with Crippen LogP contribution in [0.5, 0.6) is 5.75 Å². The van der Waals surface area contributed by atoms with Crippen molar-refractivity contribution in [3.05, 3.63) is 102 Å². The van der Waals surface area contributed by atoms with Crippen LogP contribution in [0.15, 0.2) is 90.2 Å². The van der Waals surface area contributed by atoms with Crippen molar-refractivity contribution in [1.29, 1.82) is 0 Å². The van der Waals surface area contributed by atoms with Crippen molar-refractivity contribution >= 4 is 40.1 Å². The summed E-state index contributed by atoms with van der Waals surface area (Å²) in [4.78, 5) is 17.5. The maximum absolute atomic E-state index is 12.8. The summed E-state index contributed by atoms with van der Waals surface area (Å²) in [5.74, 6) is 0.958. The van der Waals surface area contributed by atoms with Gasteiger partial charge in [0.1, 0.15) is 5.75 Å². The summed E-state index contributed by atoms with van der Waals surface area (Å²) in [7, 11) is -1.21. The first-order valence-electron chi connectivity index (χ1n) is 13.5. The molecule has 40 heavy (non-hydrogen) atoms. The number of hydrogen-bond donors (Lipinski definition) is 1. The molecule has 1 heterocycles. The molecule has 4 rings (SSSR count). The summed E-state index contributed by atoms with van der Waals surface area (Å²) >= 11 is 6.41.